The average molecular weight is 436 g/mol. The van der Waals surface area contributed by atoms with Crippen LogP contribution >= 0.6 is 0 Å². The number of aromatic amines is 1. The van der Waals surface area contributed by atoms with Crippen LogP contribution in [0.2, 0.25) is 0 Å². The Labute approximate surface area is 191 Å². The van der Waals surface area contributed by atoms with Gasteiger partial charge in [0, 0.05) is 66.7 Å². The molecule has 3 aromatic heterocycles. The van der Waals surface area contributed by atoms with E-state index in [1.165, 1.54) is 28.6 Å². The summed E-state index contributed by atoms with van der Waals surface area (Å²) in [5, 5.41) is 1.20. The summed E-state index contributed by atoms with van der Waals surface area (Å²) in [6.07, 6.45) is 6.37. The van der Waals surface area contributed by atoms with Gasteiger partial charge < -0.3 is 4.98 Å². The third-order valence-corrected chi connectivity index (χ3v) is 6.28. The van der Waals surface area contributed by atoms with Crippen LogP contribution in [-0.2, 0) is 19.5 Å². The average Bonchev–Trinajstić information content (AvgIpc) is 3.23. The Balaban J connectivity index is 1.31. The van der Waals surface area contributed by atoms with Crippen LogP contribution in [0.1, 0.15) is 16.8 Å². The van der Waals surface area contributed by atoms with Crippen molar-refractivity contribution in [2.45, 2.75) is 19.5 Å². The van der Waals surface area contributed by atoms with Gasteiger partial charge in [0.25, 0.3) is 0 Å². The van der Waals surface area contributed by atoms with Crippen LogP contribution in [-0.4, -0.2) is 31.4 Å². The molecule has 1 N–H and O–H groups in total. The van der Waals surface area contributed by atoms with Crippen molar-refractivity contribution in [3.8, 4) is 22.6 Å². The molecular weight excluding hydrogens is 413 g/mol. The number of fused-ring (bicyclic) bond motifs is 2. The fourth-order valence-electron chi connectivity index (χ4n) is 4.60. The summed E-state index contributed by atoms with van der Waals surface area (Å²) in [4.78, 5) is 19.5. The van der Waals surface area contributed by atoms with E-state index < -0.39 is 0 Å². The van der Waals surface area contributed by atoms with E-state index >= 15 is 0 Å². The summed E-state index contributed by atoms with van der Waals surface area (Å²) in [6.45, 7) is 2.51. The minimum Gasteiger partial charge on any atom is -0.354 e. The molecule has 0 aliphatic carbocycles. The predicted molar refractivity (Wildman–Crippen MR) is 127 cm³/mol. The van der Waals surface area contributed by atoms with Gasteiger partial charge in [-0.15, -0.1) is 0 Å². The lowest BCUT2D eigenvalue weighted by Crippen LogP contribution is -2.31. The Kier molecular flexibility index (Phi) is 4.92. The Morgan fingerprint density at radius 1 is 0.939 bits per heavy atom. The second kappa shape index (κ2) is 8.22. The van der Waals surface area contributed by atoms with Gasteiger partial charge in [-0.25, -0.2) is 14.4 Å². The highest BCUT2D eigenvalue weighted by Gasteiger charge is 2.22. The normalized spacial score (nSPS) is 13.8. The summed E-state index contributed by atoms with van der Waals surface area (Å²) >= 11 is 0. The van der Waals surface area contributed by atoms with E-state index in [1.807, 2.05) is 36.5 Å². The first-order valence-electron chi connectivity index (χ1n) is 11.1. The summed E-state index contributed by atoms with van der Waals surface area (Å²) in [5.41, 5.74) is 7.63. The number of rotatable bonds is 4. The second-order valence-corrected chi connectivity index (χ2v) is 8.39. The van der Waals surface area contributed by atoms with E-state index in [0.29, 0.717) is 0 Å². The van der Waals surface area contributed by atoms with Crippen LogP contribution in [0.15, 0.2) is 79.3 Å². The Bertz CT molecular complexity index is 1430. The first kappa shape index (κ1) is 19.8. The summed E-state index contributed by atoms with van der Waals surface area (Å²) in [5.74, 6) is 0.523. The maximum absolute atomic E-state index is 13.5. The smallest absolute Gasteiger partial charge is 0.159 e. The standard InChI is InChI=1S/C27H22FN5/c28-21-7-5-18(6-8-21)26-23(22-3-1-2-4-25(22)31-26)17-33-14-11-24-20(16-33)15-30-27(32-24)19-9-12-29-13-10-19/h1-10,12-13,15,31H,11,14,16-17H2. The van der Waals surface area contributed by atoms with Crippen molar-refractivity contribution >= 4 is 10.9 Å². The number of aromatic nitrogens is 4. The third-order valence-electron chi connectivity index (χ3n) is 6.28. The highest BCUT2D eigenvalue weighted by atomic mass is 19.1. The molecule has 0 fully saturated rings. The number of pyridine rings is 1. The summed E-state index contributed by atoms with van der Waals surface area (Å²) in [6, 6.07) is 18.9. The van der Waals surface area contributed by atoms with Gasteiger partial charge >= 0.3 is 0 Å². The lowest BCUT2D eigenvalue weighted by molar-refractivity contribution is 0.244. The lowest BCUT2D eigenvalue weighted by Gasteiger charge is -2.28. The van der Waals surface area contributed by atoms with Crippen LogP contribution in [0.25, 0.3) is 33.5 Å². The predicted octanol–water partition coefficient (Wildman–Crippen LogP) is 5.38. The molecule has 0 bridgehead atoms. The van der Waals surface area contributed by atoms with Crippen molar-refractivity contribution in [3.05, 3.63) is 102 Å². The molecule has 4 heterocycles. The molecule has 1 aliphatic heterocycles. The molecule has 0 radical (unpaired) electrons. The number of para-hydroxylation sites is 1. The number of hydrogen-bond donors (Lipinski definition) is 1. The van der Waals surface area contributed by atoms with Crippen molar-refractivity contribution in [1.29, 1.82) is 0 Å². The topological polar surface area (TPSA) is 57.7 Å². The van der Waals surface area contributed by atoms with Gasteiger partial charge in [-0.3, -0.25) is 9.88 Å². The monoisotopic (exact) mass is 435 g/mol. The quantitative estimate of drug-likeness (QED) is 0.412. The summed E-state index contributed by atoms with van der Waals surface area (Å²) in [7, 11) is 0. The molecule has 0 saturated carbocycles. The van der Waals surface area contributed by atoms with E-state index in [2.05, 4.69) is 38.1 Å². The van der Waals surface area contributed by atoms with Crippen molar-refractivity contribution < 1.29 is 4.39 Å². The number of H-pyrrole nitrogens is 1. The van der Waals surface area contributed by atoms with Crippen LogP contribution in [0.3, 0.4) is 0 Å². The summed E-state index contributed by atoms with van der Waals surface area (Å²) < 4.78 is 13.5. The first-order valence-corrected chi connectivity index (χ1v) is 11.1. The van der Waals surface area contributed by atoms with Gasteiger partial charge in [0.2, 0.25) is 0 Å². The maximum atomic E-state index is 13.5. The largest absolute Gasteiger partial charge is 0.354 e. The molecule has 0 spiro atoms. The van der Waals surface area contributed by atoms with Crippen molar-refractivity contribution in [3.63, 3.8) is 0 Å². The highest BCUT2D eigenvalue weighted by molar-refractivity contribution is 5.90. The number of nitrogens with zero attached hydrogens (tertiary/aromatic N) is 4. The van der Waals surface area contributed by atoms with Crippen LogP contribution < -0.4 is 0 Å². The Hall–Kier alpha value is -3.90. The molecule has 0 unspecified atom stereocenters. The minimum absolute atomic E-state index is 0.227. The van der Waals surface area contributed by atoms with E-state index in [1.54, 1.807) is 12.4 Å². The Morgan fingerprint density at radius 3 is 2.61 bits per heavy atom. The molecule has 2 aromatic carbocycles. The molecule has 0 saturated heterocycles. The SMILES string of the molecule is Fc1ccc(-c2[nH]c3ccccc3c2CN2CCc3nc(-c4ccncc4)ncc3C2)cc1. The van der Waals surface area contributed by atoms with Gasteiger partial charge in [0.1, 0.15) is 5.82 Å². The van der Waals surface area contributed by atoms with Crippen molar-refractivity contribution in [2.75, 3.05) is 6.54 Å². The Morgan fingerprint density at radius 2 is 1.76 bits per heavy atom. The van der Waals surface area contributed by atoms with E-state index in [-0.39, 0.29) is 5.82 Å². The van der Waals surface area contributed by atoms with Crippen LogP contribution in [0.4, 0.5) is 4.39 Å². The molecule has 1 aliphatic rings. The molecule has 6 rings (SSSR count). The molecule has 162 valence electrons. The number of halogens is 1. The number of hydrogen-bond acceptors (Lipinski definition) is 4. The highest BCUT2D eigenvalue weighted by Crippen LogP contribution is 2.32. The van der Waals surface area contributed by atoms with Gasteiger partial charge in [0.05, 0.1) is 11.4 Å². The fourth-order valence-corrected chi connectivity index (χ4v) is 4.60. The van der Waals surface area contributed by atoms with Gasteiger partial charge in [-0.2, -0.15) is 0 Å². The van der Waals surface area contributed by atoms with E-state index in [0.717, 1.165) is 59.9 Å². The zero-order valence-corrected chi connectivity index (χ0v) is 18.0. The number of benzene rings is 2. The van der Waals surface area contributed by atoms with Crippen molar-refractivity contribution in [2.24, 2.45) is 0 Å². The molecule has 5 aromatic rings. The number of nitrogens with one attached hydrogen (secondary N) is 1. The van der Waals surface area contributed by atoms with Gasteiger partial charge in [0.15, 0.2) is 5.82 Å². The molecule has 0 amide bonds. The van der Waals surface area contributed by atoms with E-state index in [9.17, 15) is 4.39 Å². The maximum Gasteiger partial charge on any atom is 0.159 e. The van der Waals surface area contributed by atoms with Crippen molar-refractivity contribution in [1.82, 2.24) is 24.8 Å². The van der Waals surface area contributed by atoms with Gasteiger partial charge in [-0.05, 0) is 53.6 Å². The lowest BCUT2D eigenvalue weighted by atomic mass is 10.0. The fraction of sp³-hybridized carbons (Fsp3) is 0.148. The van der Waals surface area contributed by atoms with Gasteiger partial charge in [-0.1, -0.05) is 18.2 Å². The molecule has 33 heavy (non-hydrogen) atoms. The first-order chi connectivity index (χ1) is 16.2. The van der Waals surface area contributed by atoms with E-state index in [4.69, 9.17) is 4.98 Å². The molecular formula is C27H22FN5. The second-order valence-electron chi connectivity index (χ2n) is 8.39. The zero-order chi connectivity index (χ0) is 22.2. The minimum atomic E-state index is -0.227. The zero-order valence-electron chi connectivity index (χ0n) is 18.0. The van der Waals surface area contributed by atoms with Crippen LogP contribution in [0.5, 0.6) is 0 Å². The third kappa shape index (κ3) is 3.79. The molecule has 6 heteroatoms. The molecule has 0 atom stereocenters. The molecule has 5 nitrogen and oxygen atoms in total. The van der Waals surface area contributed by atoms with Crippen LogP contribution in [0, 0.1) is 5.82 Å².